The molecule has 0 bridgehead atoms. The maximum Gasteiger partial charge on any atom is 0.220 e. The summed E-state index contributed by atoms with van der Waals surface area (Å²) < 4.78 is 5.13. The Labute approximate surface area is 146 Å². The van der Waals surface area contributed by atoms with Gasteiger partial charge >= 0.3 is 0 Å². The molecule has 23 heavy (non-hydrogen) atoms. The number of rotatable bonds is 6. The number of hydrogen-bond acceptors (Lipinski definition) is 2. The van der Waals surface area contributed by atoms with Crippen molar-refractivity contribution in [2.45, 2.75) is 25.8 Å². The van der Waals surface area contributed by atoms with Gasteiger partial charge < -0.3 is 10.1 Å². The van der Waals surface area contributed by atoms with Gasteiger partial charge in [0.25, 0.3) is 0 Å². The molecular weight excluding hydrogens is 333 g/mol. The first-order valence-electron chi connectivity index (χ1n) is 7.37. The third-order valence-corrected chi connectivity index (χ3v) is 4.22. The summed E-state index contributed by atoms with van der Waals surface area (Å²) >= 11 is 12.0. The molecule has 0 aliphatic rings. The van der Waals surface area contributed by atoms with Gasteiger partial charge in [-0.2, -0.15) is 0 Å². The fourth-order valence-corrected chi connectivity index (χ4v) is 2.77. The summed E-state index contributed by atoms with van der Waals surface area (Å²) in [7, 11) is 1.63. The van der Waals surface area contributed by atoms with Gasteiger partial charge in [0.2, 0.25) is 5.91 Å². The van der Waals surface area contributed by atoms with Gasteiger partial charge in [0.1, 0.15) is 5.75 Å². The zero-order chi connectivity index (χ0) is 16.8. The van der Waals surface area contributed by atoms with Crippen LogP contribution in [-0.2, 0) is 11.2 Å². The number of ether oxygens (including phenoxy) is 1. The molecule has 0 fully saturated rings. The fourth-order valence-electron chi connectivity index (χ4n) is 2.26. The Bertz CT molecular complexity index is 671. The van der Waals surface area contributed by atoms with Crippen LogP contribution in [0.5, 0.6) is 5.75 Å². The summed E-state index contributed by atoms with van der Waals surface area (Å²) in [5, 5.41) is 4.17. The van der Waals surface area contributed by atoms with Gasteiger partial charge in [-0.3, -0.25) is 4.79 Å². The number of benzene rings is 2. The molecule has 0 radical (unpaired) electrons. The predicted octanol–water partition coefficient (Wildman–Crippen LogP) is 4.81. The van der Waals surface area contributed by atoms with Crippen LogP contribution >= 0.6 is 23.2 Å². The van der Waals surface area contributed by atoms with Crippen molar-refractivity contribution in [1.82, 2.24) is 5.32 Å². The Morgan fingerprint density at radius 1 is 1.17 bits per heavy atom. The number of carbonyl (C=O) groups is 1. The molecule has 1 N–H and O–H groups in total. The van der Waals surface area contributed by atoms with Crippen LogP contribution in [0.1, 0.15) is 30.5 Å². The Hall–Kier alpha value is -1.71. The van der Waals surface area contributed by atoms with Crippen molar-refractivity contribution in [2.75, 3.05) is 7.11 Å². The van der Waals surface area contributed by atoms with E-state index in [9.17, 15) is 4.79 Å². The van der Waals surface area contributed by atoms with Gasteiger partial charge in [-0.05, 0) is 48.7 Å². The van der Waals surface area contributed by atoms with E-state index in [0.717, 1.165) is 16.9 Å². The van der Waals surface area contributed by atoms with Crippen LogP contribution in [0.2, 0.25) is 10.0 Å². The van der Waals surface area contributed by atoms with Gasteiger partial charge in [0.05, 0.1) is 13.2 Å². The van der Waals surface area contributed by atoms with Crippen molar-refractivity contribution in [2.24, 2.45) is 0 Å². The molecule has 0 saturated heterocycles. The van der Waals surface area contributed by atoms with Crippen molar-refractivity contribution in [1.29, 1.82) is 0 Å². The molecule has 0 aliphatic carbocycles. The van der Waals surface area contributed by atoms with Crippen molar-refractivity contribution in [3.8, 4) is 5.75 Å². The highest BCUT2D eigenvalue weighted by Crippen LogP contribution is 2.22. The van der Waals surface area contributed by atoms with Gasteiger partial charge in [0, 0.05) is 16.5 Å². The number of hydrogen-bond donors (Lipinski definition) is 1. The number of methoxy groups -OCH3 is 1. The summed E-state index contributed by atoms with van der Waals surface area (Å²) in [4.78, 5) is 12.1. The standard InChI is InChI=1S/C18H19Cl2NO2/c1-12(13-4-8-16(23-2)9-5-13)21-18(22)10-6-14-3-7-15(19)11-17(14)20/h3-5,7-9,11-12H,6,10H2,1-2H3,(H,21,22)/t12-/m1/s1. The number of amides is 1. The Morgan fingerprint density at radius 2 is 1.87 bits per heavy atom. The molecule has 5 heteroatoms. The Morgan fingerprint density at radius 3 is 2.48 bits per heavy atom. The molecule has 2 aromatic rings. The third-order valence-electron chi connectivity index (χ3n) is 3.63. The molecule has 0 heterocycles. The van der Waals surface area contributed by atoms with Gasteiger partial charge in [-0.25, -0.2) is 0 Å². The lowest BCUT2D eigenvalue weighted by Crippen LogP contribution is -2.26. The van der Waals surface area contributed by atoms with E-state index in [2.05, 4.69) is 5.32 Å². The van der Waals surface area contributed by atoms with Crippen molar-refractivity contribution in [3.05, 3.63) is 63.6 Å². The smallest absolute Gasteiger partial charge is 0.220 e. The zero-order valence-electron chi connectivity index (χ0n) is 13.1. The molecule has 2 rings (SSSR count). The van der Waals surface area contributed by atoms with Gasteiger partial charge in [-0.15, -0.1) is 0 Å². The molecule has 122 valence electrons. The molecule has 3 nitrogen and oxygen atoms in total. The lowest BCUT2D eigenvalue weighted by Gasteiger charge is -2.15. The third kappa shape index (κ3) is 5.15. The van der Waals surface area contributed by atoms with Crippen LogP contribution in [0.15, 0.2) is 42.5 Å². The highest BCUT2D eigenvalue weighted by Gasteiger charge is 2.11. The molecule has 1 amide bonds. The van der Waals surface area contributed by atoms with Gasteiger partial charge in [-0.1, -0.05) is 41.4 Å². The van der Waals surface area contributed by atoms with E-state index in [1.807, 2.05) is 37.3 Å². The Balaban J connectivity index is 1.88. The maximum absolute atomic E-state index is 12.1. The molecule has 1 atom stereocenters. The average molecular weight is 352 g/mol. The van der Waals surface area contributed by atoms with E-state index < -0.39 is 0 Å². The van der Waals surface area contributed by atoms with Crippen LogP contribution < -0.4 is 10.1 Å². The molecule has 0 aliphatic heterocycles. The second-order valence-corrected chi connectivity index (χ2v) is 6.14. The van der Waals surface area contributed by atoms with Crippen molar-refractivity contribution >= 4 is 29.1 Å². The molecular formula is C18H19Cl2NO2. The van der Waals surface area contributed by atoms with Crippen LogP contribution in [0.3, 0.4) is 0 Å². The number of halogens is 2. The second kappa shape index (κ2) is 8.23. The van der Waals surface area contributed by atoms with E-state index >= 15 is 0 Å². The first-order chi connectivity index (χ1) is 11.0. The Kier molecular flexibility index (Phi) is 6.31. The van der Waals surface area contributed by atoms with E-state index in [1.54, 1.807) is 19.2 Å². The highest BCUT2D eigenvalue weighted by molar-refractivity contribution is 6.35. The number of carbonyl (C=O) groups excluding carboxylic acids is 1. The molecule has 0 saturated carbocycles. The first kappa shape index (κ1) is 17.6. The van der Waals surface area contributed by atoms with Crippen molar-refractivity contribution < 1.29 is 9.53 Å². The quantitative estimate of drug-likeness (QED) is 0.810. The molecule has 0 unspecified atom stereocenters. The number of aryl methyl sites for hydroxylation is 1. The van der Waals surface area contributed by atoms with E-state index in [0.29, 0.717) is 22.9 Å². The average Bonchev–Trinajstić information content (AvgIpc) is 2.54. The topological polar surface area (TPSA) is 38.3 Å². The lowest BCUT2D eigenvalue weighted by atomic mass is 10.1. The van der Waals surface area contributed by atoms with Crippen LogP contribution in [-0.4, -0.2) is 13.0 Å². The second-order valence-electron chi connectivity index (χ2n) is 5.30. The fraction of sp³-hybridized carbons (Fsp3) is 0.278. The summed E-state index contributed by atoms with van der Waals surface area (Å²) in [5.41, 5.74) is 1.95. The minimum Gasteiger partial charge on any atom is -0.497 e. The van der Waals surface area contributed by atoms with Crippen molar-refractivity contribution in [3.63, 3.8) is 0 Å². The maximum atomic E-state index is 12.1. The van der Waals surface area contributed by atoms with E-state index in [-0.39, 0.29) is 11.9 Å². The molecule has 2 aromatic carbocycles. The van der Waals surface area contributed by atoms with E-state index in [1.165, 1.54) is 0 Å². The van der Waals surface area contributed by atoms with E-state index in [4.69, 9.17) is 27.9 Å². The predicted molar refractivity (Wildman–Crippen MR) is 94.3 cm³/mol. The van der Waals surface area contributed by atoms with Gasteiger partial charge in [0.15, 0.2) is 0 Å². The van der Waals surface area contributed by atoms with Crippen LogP contribution in [0, 0.1) is 0 Å². The minimum atomic E-state index is -0.0610. The molecule has 0 aromatic heterocycles. The molecule has 0 spiro atoms. The highest BCUT2D eigenvalue weighted by atomic mass is 35.5. The summed E-state index contributed by atoms with van der Waals surface area (Å²) in [6, 6.07) is 12.9. The summed E-state index contributed by atoms with van der Waals surface area (Å²) in [6.07, 6.45) is 0.957. The normalized spacial score (nSPS) is 11.8. The van der Waals surface area contributed by atoms with Crippen LogP contribution in [0.4, 0.5) is 0 Å². The summed E-state index contributed by atoms with van der Waals surface area (Å²) in [6.45, 7) is 1.95. The minimum absolute atomic E-state index is 0.0145. The summed E-state index contributed by atoms with van der Waals surface area (Å²) in [5.74, 6) is 0.781. The zero-order valence-corrected chi connectivity index (χ0v) is 14.6. The number of nitrogens with one attached hydrogen (secondary N) is 1. The lowest BCUT2D eigenvalue weighted by molar-refractivity contribution is -0.121. The first-order valence-corrected chi connectivity index (χ1v) is 8.12. The largest absolute Gasteiger partial charge is 0.497 e. The SMILES string of the molecule is COc1ccc([C@@H](C)NC(=O)CCc2ccc(Cl)cc2Cl)cc1. The van der Waals surface area contributed by atoms with Crippen LogP contribution in [0.25, 0.3) is 0 Å². The monoisotopic (exact) mass is 351 g/mol.